The van der Waals surface area contributed by atoms with Crippen LogP contribution in [0.1, 0.15) is 36.8 Å². The predicted octanol–water partition coefficient (Wildman–Crippen LogP) is 4.23. The van der Waals surface area contributed by atoms with Gasteiger partial charge in [-0.1, -0.05) is 54.2 Å². The Morgan fingerprint density at radius 2 is 1.81 bits per heavy atom. The summed E-state index contributed by atoms with van der Waals surface area (Å²) in [5.41, 5.74) is 2.13. The summed E-state index contributed by atoms with van der Waals surface area (Å²) in [5, 5.41) is 21.1. The molecule has 1 unspecified atom stereocenters. The summed E-state index contributed by atoms with van der Waals surface area (Å²) in [4.78, 5) is 14.1. The van der Waals surface area contributed by atoms with E-state index < -0.39 is 12.2 Å². The van der Waals surface area contributed by atoms with Crippen molar-refractivity contribution >= 4 is 17.0 Å². The highest BCUT2D eigenvalue weighted by molar-refractivity contribution is 8.13. The first-order valence-electron chi connectivity index (χ1n) is 11.1. The summed E-state index contributed by atoms with van der Waals surface area (Å²) in [6.45, 7) is 1.68. The molecule has 2 N–H and O–H groups in total. The first kappa shape index (κ1) is 24.6. The minimum atomic E-state index is -0.753. The van der Waals surface area contributed by atoms with Gasteiger partial charge in [-0.05, 0) is 42.5 Å². The van der Waals surface area contributed by atoms with E-state index in [0.29, 0.717) is 31.9 Å². The van der Waals surface area contributed by atoms with Crippen molar-refractivity contribution in [2.45, 2.75) is 57.1 Å². The van der Waals surface area contributed by atoms with E-state index in [0.717, 1.165) is 29.7 Å². The molecule has 0 saturated carbocycles. The predicted molar refractivity (Wildman–Crippen MR) is 127 cm³/mol. The van der Waals surface area contributed by atoms with Crippen molar-refractivity contribution < 1.29 is 24.5 Å². The van der Waals surface area contributed by atoms with Gasteiger partial charge in [0, 0.05) is 25.3 Å². The SMILES string of the molecule is COc1ccc(CN2C(=O)SCC2[C@H](O)C[C@H](O)CCCCOCc2ccccc2)cc1. The Bertz CT molecular complexity index is 817. The van der Waals surface area contributed by atoms with Crippen LogP contribution in [0.15, 0.2) is 54.6 Å². The van der Waals surface area contributed by atoms with Gasteiger partial charge >= 0.3 is 0 Å². The average molecular weight is 460 g/mol. The Labute approximate surface area is 194 Å². The van der Waals surface area contributed by atoms with Crippen LogP contribution in [0.2, 0.25) is 0 Å². The van der Waals surface area contributed by atoms with E-state index in [9.17, 15) is 15.0 Å². The second kappa shape index (κ2) is 12.8. The van der Waals surface area contributed by atoms with Crippen molar-refractivity contribution in [2.75, 3.05) is 19.5 Å². The normalized spacial score (nSPS) is 18.0. The van der Waals surface area contributed by atoms with E-state index in [1.807, 2.05) is 54.6 Å². The number of methoxy groups -OCH3 is 1. The molecule has 0 radical (unpaired) electrons. The van der Waals surface area contributed by atoms with Gasteiger partial charge in [0.2, 0.25) is 0 Å². The minimum absolute atomic E-state index is 0.0325. The van der Waals surface area contributed by atoms with Crippen LogP contribution < -0.4 is 4.74 Å². The Morgan fingerprint density at radius 1 is 1.06 bits per heavy atom. The van der Waals surface area contributed by atoms with Crippen molar-refractivity contribution in [1.82, 2.24) is 4.90 Å². The molecule has 1 fully saturated rings. The largest absolute Gasteiger partial charge is 0.497 e. The van der Waals surface area contributed by atoms with E-state index in [1.54, 1.807) is 12.0 Å². The van der Waals surface area contributed by atoms with Gasteiger partial charge in [0.05, 0.1) is 32.0 Å². The van der Waals surface area contributed by atoms with Crippen molar-refractivity contribution in [3.05, 3.63) is 65.7 Å². The molecule has 1 aliphatic heterocycles. The number of nitrogens with zero attached hydrogens (tertiary/aromatic N) is 1. The zero-order valence-corrected chi connectivity index (χ0v) is 19.4. The number of hydrogen-bond acceptors (Lipinski definition) is 6. The number of benzene rings is 2. The summed E-state index contributed by atoms with van der Waals surface area (Å²) < 4.78 is 10.9. The fourth-order valence-corrected chi connectivity index (χ4v) is 4.88. The third-order valence-electron chi connectivity index (χ3n) is 5.67. The van der Waals surface area contributed by atoms with Crippen molar-refractivity contribution in [3.63, 3.8) is 0 Å². The maximum Gasteiger partial charge on any atom is 0.282 e. The van der Waals surface area contributed by atoms with Gasteiger partial charge in [0.25, 0.3) is 5.24 Å². The van der Waals surface area contributed by atoms with E-state index in [1.165, 1.54) is 11.8 Å². The standard InChI is InChI=1S/C25H33NO5S/c1-30-22-12-10-19(11-13-22)16-26-23(18-32-25(26)29)24(28)15-21(27)9-5-6-14-31-17-20-7-3-2-4-8-20/h2-4,7-8,10-13,21,23-24,27-28H,5-6,9,14-18H2,1H3/t21-,23?,24-/m1/s1. The van der Waals surface area contributed by atoms with Gasteiger partial charge in [-0.25, -0.2) is 0 Å². The molecule has 0 aliphatic carbocycles. The molecule has 1 amide bonds. The topological polar surface area (TPSA) is 79.2 Å². The summed E-state index contributed by atoms with van der Waals surface area (Å²) in [5.74, 6) is 1.30. The smallest absolute Gasteiger partial charge is 0.282 e. The van der Waals surface area contributed by atoms with Crippen LogP contribution in [-0.4, -0.2) is 58.1 Å². The van der Waals surface area contributed by atoms with Gasteiger partial charge in [0.1, 0.15) is 5.75 Å². The highest BCUT2D eigenvalue weighted by Crippen LogP contribution is 2.30. The third kappa shape index (κ3) is 7.52. The van der Waals surface area contributed by atoms with Crippen LogP contribution in [0.4, 0.5) is 4.79 Å². The Kier molecular flexibility index (Phi) is 9.87. The molecule has 1 saturated heterocycles. The number of amides is 1. The number of ether oxygens (including phenoxy) is 2. The summed E-state index contributed by atoms with van der Waals surface area (Å²) in [7, 11) is 1.62. The number of carbonyl (C=O) groups excluding carboxylic acids is 1. The lowest BCUT2D eigenvalue weighted by molar-refractivity contribution is 0.0311. The van der Waals surface area contributed by atoms with Gasteiger partial charge in [-0.3, -0.25) is 4.79 Å². The van der Waals surface area contributed by atoms with E-state index in [4.69, 9.17) is 9.47 Å². The molecule has 2 aromatic rings. The molecule has 7 heteroatoms. The quantitative estimate of drug-likeness (QED) is 0.437. The Hall–Kier alpha value is -2.06. The Morgan fingerprint density at radius 3 is 2.53 bits per heavy atom. The van der Waals surface area contributed by atoms with Crippen LogP contribution >= 0.6 is 11.8 Å². The molecule has 32 heavy (non-hydrogen) atoms. The van der Waals surface area contributed by atoms with E-state index in [2.05, 4.69) is 0 Å². The van der Waals surface area contributed by atoms with Crippen molar-refractivity contribution in [3.8, 4) is 5.75 Å². The van der Waals surface area contributed by atoms with Crippen LogP contribution in [-0.2, 0) is 17.9 Å². The number of carbonyl (C=O) groups is 1. The molecule has 3 rings (SSSR count). The van der Waals surface area contributed by atoms with Crippen LogP contribution in [0.25, 0.3) is 0 Å². The second-order valence-corrected chi connectivity index (χ2v) is 9.08. The first-order valence-corrected chi connectivity index (χ1v) is 12.1. The minimum Gasteiger partial charge on any atom is -0.497 e. The lowest BCUT2D eigenvalue weighted by Gasteiger charge is -2.29. The monoisotopic (exact) mass is 459 g/mol. The molecule has 1 aliphatic rings. The summed E-state index contributed by atoms with van der Waals surface area (Å²) in [6, 6.07) is 17.3. The molecule has 174 valence electrons. The average Bonchev–Trinajstić information content (AvgIpc) is 3.17. The van der Waals surface area contributed by atoms with Crippen LogP contribution in [0, 0.1) is 0 Å². The Balaban J connectivity index is 1.37. The van der Waals surface area contributed by atoms with Crippen LogP contribution in [0.3, 0.4) is 0 Å². The molecule has 2 aromatic carbocycles. The molecule has 0 aromatic heterocycles. The molecular formula is C25H33NO5S. The number of thioether (sulfide) groups is 1. The highest BCUT2D eigenvalue weighted by Gasteiger charge is 2.37. The van der Waals surface area contributed by atoms with Crippen LogP contribution in [0.5, 0.6) is 5.75 Å². The number of aliphatic hydroxyl groups excluding tert-OH is 2. The number of rotatable bonds is 13. The fourth-order valence-electron chi connectivity index (χ4n) is 3.80. The number of unbranched alkanes of at least 4 members (excludes halogenated alkanes) is 1. The van der Waals surface area contributed by atoms with E-state index in [-0.39, 0.29) is 17.7 Å². The molecule has 3 atom stereocenters. The van der Waals surface area contributed by atoms with Crippen molar-refractivity contribution in [1.29, 1.82) is 0 Å². The summed E-state index contributed by atoms with van der Waals surface area (Å²) in [6.07, 6.45) is 1.22. The maximum atomic E-state index is 12.4. The highest BCUT2D eigenvalue weighted by atomic mass is 32.2. The number of hydrogen-bond donors (Lipinski definition) is 2. The summed E-state index contributed by atoms with van der Waals surface area (Å²) >= 11 is 1.23. The maximum absolute atomic E-state index is 12.4. The molecule has 6 nitrogen and oxygen atoms in total. The lowest BCUT2D eigenvalue weighted by Crippen LogP contribution is -2.43. The van der Waals surface area contributed by atoms with Gasteiger partial charge < -0.3 is 24.6 Å². The van der Waals surface area contributed by atoms with Gasteiger partial charge in [-0.2, -0.15) is 0 Å². The van der Waals surface area contributed by atoms with Gasteiger partial charge in [0.15, 0.2) is 0 Å². The molecule has 1 heterocycles. The molecule has 0 bridgehead atoms. The second-order valence-electron chi connectivity index (χ2n) is 8.11. The zero-order chi connectivity index (χ0) is 22.8. The lowest BCUT2D eigenvalue weighted by atomic mass is 10.0. The number of aliphatic hydroxyl groups is 2. The van der Waals surface area contributed by atoms with E-state index >= 15 is 0 Å². The van der Waals surface area contributed by atoms with Gasteiger partial charge in [-0.15, -0.1) is 0 Å². The third-order valence-corrected chi connectivity index (χ3v) is 6.66. The molecule has 0 spiro atoms. The first-order chi connectivity index (χ1) is 15.6. The zero-order valence-electron chi connectivity index (χ0n) is 18.6. The fraction of sp³-hybridized carbons (Fsp3) is 0.480. The van der Waals surface area contributed by atoms with Crippen molar-refractivity contribution in [2.24, 2.45) is 0 Å². The molecular weight excluding hydrogens is 426 g/mol.